The van der Waals surface area contributed by atoms with Crippen LogP contribution in [0.5, 0.6) is 0 Å². The average molecular weight is 248 g/mol. The van der Waals surface area contributed by atoms with Crippen molar-refractivity contribution in [2.24, 2.45) is 0 Å². The van der Waals surface area contributed by atoms with E-state index in [1.54, 1.807) is 0 Å². The van der Waals surface area contributed by atoms with Crippen LogP contribution in [0.15, 0.2) is 30.3 Å². The van der Waals surface area contributed by atoms with E-state index in [1.165, 1.54) is 0 Å². The molecule has 1 N–H and O–H groups in total. The average Bonchev–Trinajstić information content (AvgIpc) is 2.40. The van der Waals surface area contributed by atoms with Gasteiger partial charge in [0.25, 0.3) is 0 Å². The number of benzene rings is 1. The van der Waals surface area contributed by atoms with Crippen LogP contribution in [-0.2, 0) is 16.1 Å². The fourth-order valence-corrected chi connectivity index (χ4v) is 2.12. The molecule has 4 heteroatoms. The summed E-state index contributed by atoms with van der Waals surface area (Å²) in [4.78, 5) is 13.9. The van der Waals surface area contributed by atoms with E-state index in [-0.39, 0.29) is 18.6 Å². The Kier molecular flexibility index (Phi) is 4.73. The predicted molar refractivity (Wildman–Crippen MR) is 70.1 cm³/mol. The van der Waals surface area contributed by atoms with Crippen molar-refractivity contribution in [2.45, 2.75) is 19.6 Å². The molecule has 0 saturated carbocycles. The van der Waals surface area contributed by atoms with Gasteiger partial charge in [0.05, 0.1) is 6.61 Å². The fraction of sp³-hybridized carbons (Fsp3) is 0.500. The van der Waals surface area contributed by atoms with Gasteiger partial charge in [-0.1, -0.05) is 30.3 Å². The minimum absolute atomic E-state index is 0.0833. The molecule has 0 aromatic heterocycles. The second-order valence-electron chi connectivity index (χ2n) is 4.62. The van der Waals surface area contributed by atoms with E-state index in [4.69, 9.17) is 4.74 Å². The van der Waals surface area contributed by atoms with E-state index < -0.39 is 0 Å². The van der Waals surface area contributed by atoms with Gasteiger partial charge >= 0.3 is 0 Å². The summed E-state index contributed by atoms with van der Waals surface area (Å²) in [6, 6.07) is 10.2. The quantitative estimate of drug-likeness (QED) is 0.865. The van der Waals surface area contributed by atoms with E-state index in [1.807, 2.05) is 35.2 Å². The highest BCUT2D eigenvalue weighted by Crippen LogP contribution is 2.05. The minimum Gasteiger partial charge on any atom is -0.367 e. The zero-order valence-corrected chi connectivity index (χ0v) is 10.8. The van der Waals surface area contributed by atoms with Crippen molar-refractivity contribution in [1.29, 1.82) is 0 Å². The van der Waals surface area contributed by atoms with Gasteiger partial charge in [0, 0.05) is 25.7 Å². The number of rotatable bonds is 4. The first-order valence-electron chi connectivity index (χ1n) is 6.39. The van der Waals surface area contributed by atoms with E-state index in [0.717, 1.165) is 25.2 Å². The van der Waals surface area contributed by atoms with E-state index in [0.29, 0.717) is 6.61 Å². The van der Waals surface area contributed by atoms with Gasteiger partial charge in [-0.05, 0) is 12.5 Å². The minimum atomic E-state index is 0.0833. The van der Waals surface area contributed by atoms with E-state index >= 15 is 0 Å². The number of ether oxygens (including phenoxy) is 1. The Bertz CT molecular complexity index is 381. The number of hydrogen-bond donors (Lipinski definition) is 1. The largest absolute Gasteiger partial charge is 0.367 e. The van der Waals surface area contributed by atoms with E-state index in [2.05, 4.69) is 12.2 Å². The molecular formula is C14H20N2O2. The standard InChI is InChI=1S/C14H20N2O2/c1-12-9-15-7-8-16(12)14(17)11-18-10-13-5-3-2-4-6-13/h2-6,12,15H,7-11H2,1H3/t12-/m1/s1. The summed E-state index contributed by atoms with van der Waals surface area (Å²) in [5.41, 5.74) is 1.10. The molecule has 4 nitrogen and oxygen atoms in total. The highest BCUT2D eigenvalue weighted by Gasteiger charge is 2.22. The second kappa shape index (κ2) is 6.52. The maximum absolute atomic E-state index is 12.0. The molecular weight excluding hydrogens is 228 g/mol. The summed E-state index contributed by atoms with van der Waals surface area (Å²) in [7, 11) is 0. The first-order chi connectivity index (χ1) is 8.77. The highest BCUT2D eigenvalue weighted by molar-refractivity contribution is 5.77. The van der Waals surface area contributed by atoms with Crippen LogP contribution in [0.3, 0.4) is 0 Å². The lowest BCUT2D eigenvalue weighted by Gasteiger charge is -2.33. The van der Waals surface area contributed by atoms with Crippen molar-refractivity contribution in [3.63, 3.8) is 0 Å². The summed E-state index contributed by atoms with van der Waals surface area (Å²) < 4.78 is 5.47. The normalized spacial score (nSPS) is 19.8. The van der Waals surface area contributed by atoms with Crippen molar-refractivity contribution in [2.75, 3.05) is 26.2 Å². The first kappa shape index (κ1) is 13.1. The summed E-state index contributed by atoms with van der Waals surface area (Å²) in [5.74, 6) is 0.0833. The SMILES string of the molecule is C[C@@H]1CNCCN1C(=O)COCc1ccccc1. The Balaban J connectivity index is 1.74. The lowest BCUT2D eigenvalue weighted by Crippen LogP contribution is -2.53. The molecule has 1 atom stereocenters. The molecule has 0 unspecified atom stereocenters. The molecule has 1 aromatic carbocycles. The molecule has 1 heterocycles. The summed E-state index contributed by atoms with van der Waals surface area (Å²) >= 11 is 0. The van der Waals surface area contributed by atoms with Crippen molar-refractivity contribution >= 4 is 5.91 Å². The van der Waals surface area contributed by atoms with Crippen LogP contribution in [0.2, 0.25) is 0 Å². The van der Waals surface area contributed by atoms with Crippen LogP contribution >= 0.6 is 0 Å². The Labute approximate surface area is 108 Å². The van der Waals surface area contributed by atoms with Crippen molar-refractivity contribution < 1.29 is 9.53 Å². The topological polar surface area (TPSA) is 41.6 Å². The number of nitrogens with one attached hydrogen (secondary N) is 1. The van der Waals surface area contributed by atoms with Crippen molar-refractivity contribution in [1.82, 2.24) is 10.2 Å². The molecule has 0 aliphatic carbocycles. The lowest BCUT2D eigenvalue weighted by atomic mass is 10.2. The zero-order chi connectivity index (χ0) is 12.8. The van der Waals surface area contributed by atoms with Crippen molar-refractivity contribution in [3.05, 3.63) is 35.9 Å². The Morgan fingerprint density at radius 3 is 2.94 bits per heavy atom. The Morgan fingerprint density at radius 2 is 2.22 bits per heavy atom. The van der Waals surface area contributed by atoms with Gasteiger partial charge in [-0.25, -0.2) is 0 Å². The first-order valence-corrected chi connectivity index (χ1v) is 6.39. The molecule has 1 aliphatic heterocycles. The van der Waals surface area contributed by atoms with E-state index in [9.17, 15) is 4.79 Å². The van der Waals surface area contributed by atoms with Gasteiger partial charge in [0.15, 0.2) is 0 Å². The molecule has 1 saturated heterocycles. The molecule has 98 valence electrons. The smallest absolute Gasteiger partial charge is 0.248 e. The number of nitrogens with zero attached hydrogens (tertiary/aromatic N) is 1. The number of carbonyl (C=O) groups is 1. The fourth-order valence-electron chi connectivity index (χ4n) is 2.12. The Hall–Kier alpha value is -1.39. The molecule has 0 spiro atoms. The molecule has 1 fully saturated rings. The van der Waals surface area contributed by atoms with Crippen LogP contribution < -0.4 is 5.32 Å². The number of carbonyl (C=O) groups excluding carboxylic acids is 1. The zero-order valence-electron chi connectivity index (χ0n) is 10.8. The van der Waals surface area contributed by atoms with Gasteiger partial charge in [0.1, 0.15) is 6.61 Å². The monoisotopic (exact) mass is 248 g/mol. The summed E-state index contributed by atoms with van der Waals surface area (Å²) in [5, 5.41) is 3.27. The maximum atomic E-state index is 12.0. The van der Waals surface area contributed by atoms with Gasteiger partial charge in [0.2, 0.25) is 5.91 Å². The Morgan fingerprint density at radius 1 is 1.44 bits per heavy atom. The molecule has 0 bridgehead atoms. The molecule has 2 rings (SSSR count). The van der Waals surface area contributed by atoms with Crippen LogP contribution in [0.4, 0.5) is 0 Å². The molecule has 1 amide bonds. The highest BCUT2D eigenvalue weighted by atomic mass is 16.5. The van der Waals surface area contributed by atoms with Crippen LogP contribution in [0, 0.1) is 0 Å². The number of piperazine rings is 1. The third-order valence-corrected chi connectivity index (χ3v) is 3.16. The van der Waals surface area contributed by atoms with Crippen molar-refractivity contribution in [3.8, 4) is 0 Å². The predicted octanol–water partition coefficient (Wildman–Crippen LogP) is 1.02. The van der Waals surface area contributed by atoms with Gasteiger partial charge in [-0.15, -0.1) is 0 Å². The molecule has 18 heavy (non-hydrogen) atoms. The molecule has 1 aliphatic rings. The number of amides is 1. The summed E-state index contributed by atoms with van der Waals surface area (Å²) in [6.45, 7) is 5.22. The summed E-state index contributed by atoms with van der Waals surface area (Å²) in [6.07, 6.45) is 0. The maximum Gasteiger partial charge on any atom is 0.248 e. The van der Waals surface area contributed by atoms with Crippen LogP contribution in [0.25, 0.3) is 0 Å². The van der Waals surface area contributed by atoms with Gasteiger partial charge in [-0.2, -0.15) is 0 Å². The molecule has 0 radical (unpaired) electrons. The number of hydrogen-bond acceptors (Lipinski definition) is 3. The molecule has 1 aromatic rings. The lowest BCUT2D eigenvalue weighted by molar-refractivity contribution is -0.139. The third kappa shape index (κ3) is 3.55. The van der Waals surface area contributed by atoms with Crippen LogP contribution in [0.1, 0.15) is 12.5 Å². The van der Waals surface area contributed by atoms with Crippen LogP contribution in [-0.4, -0.2) is 43.1 Å². The third-order valence-electron chi connectivity index (χ3n) is 3.16. The van der Waals surface area contributed by atoms with Gasteiger partial charge < -0.3 is 15.0 Å². The van der Waals surface area contributed by atoms with Gasteiger partial charge in [-0.3, -0.25) is 4.79 Å². The second-order valence-corrected chi connectivity index (χ2v) is 4.62.